The molecule has 1 atom stereocenters. The molecular weight excluding hydrogens is 401 g/mol. The predicted octanol–water partition coefficient (Wildman–Crippen LogP) is 3.90. The Balaban J connectivity index is 0.00000264. The molecule has 1 saturated heterocycles. The number of hydrogen-bond donors (Lipinski definition) is 1. The number of nitrogens with one attached hydrogen (secondary N) is 1. The quantitative estimate of drug-likeness (QED) is 0.412. The molecule has 2 aliphatic rings. The van der Waals surface area contributed by atoms with Crippen molar-refractivity contribution in [3.8, 4) is 0 Å². The van der Waals surface area contributed by atoms with Crippen LogP contribution in [-0.2, 0) is 4.74 Å². The fraction of sp³-hybridized carbons (Fsp3) is 0.944. The number of nitrogens with zero attached hydrogens (tertiary/aromatic N) is 2. The molecule has 0 aromatic heterocycles. The van der Waals surface area contributed by atoms with Crippen LogP contribution >= 0.6 is 24.0 Å². The van der Waals surface area contributed by atoms with E-state index in [0.29, 0.717) is 11.5 Å². The third-order valence-corrected chi connectivity index (χ3v) is 4.78. The van der Waals surface area contributed by atoms with E-state index in [9.17, 15) is 0 Å². The van der Waals surface area contributed by atoms with Crippen molar-refractivity contribution < 1.29 is 4.74 Å². The Bertz CT molecular complexity index is 396. The van der Waals surface area contributed by atoms with Gasteiger partial charge in [-0.3, -0.25) is 4.99 Å². The van der Waals surface area contributed by atoms with Crippen LogP contribution < -0.4 is 5.32 Å². The normalized spacial score (nSPS) is 25.0. The van der Waals surface area contributed by atoms with Crippen LogP contribution in [0.2, 0.25) is 0 Å². The van der Waals surface area contributed by atoms with Gasteiger partial charge in [-0.2, -0.15) is 0 Å². The molecule has 0 amide bonds. The zero-order chi connectivity index (χ0) is 16.4. The van der Waals surface area contributed by atoms with E-state index in [1.54, 1.807) is 0 Å². The van der Waals surface area contributed by atoms with Crippen molar-refractivity contribution in [2.24, 2.45) is 16.3 Å². The second-order valence-corrected chi connectivity index (χ2v) is 8.50. The summed E-state index contributed by atoms with van der Waals surface area (Å²) in [4.78, 5) is 7.29. The Hall–Kier alpha value is -0.0400. The van der Waals surface area contributed by atoms with Gasteiger partial charge in [-0.05, 0) is 58.3 Å². The summed E-state index contributed by atoms with van der Waals surface area (Å²) in [5, 5.41) is 3.46. The van der Waals surface area contributed by atoms with Gasteiger partial charge in [-0.15, -0.1) is 24.0 Å². The van der Waals surface area contributed by atoms with Gasteiger partial charge in [0.1, 0.15) is 0 Å². The van der Waals surface area contributed by atoms with Crippen LogP contribution in [0.4, 0.5) is 0 Å². The molecule has 2 rings (SSSR count). The summed E-state index contributed by atoms with van der Waals surface area (Å²) in [5.74, 6) is 1.86. The van der Waals surface area contributed by atoms with Crippen LogP contribution in [0.3, 0.4) is 0 Å². The maximum absolute atomic E-state index is 6.12. The number of likely N-dealkylation sites (tertiary alicyclic amines) is 1. The molecule has 0 spiro atoms. The van der Waals surface area contributed by atoms with Gasteiger partial charge in [0, 0.05) is 26.2 Å². The summed E-state index contributed by atoms with van der Waals surface area (Å²) in [6.45, 7) is 17.2. The SMILES string of the molecule is CCNC(=NCC1CC1(C)C)N1CCC(OC(C)(C)C)CC1.I. The molecule has 136 valence electrons. The van der Waals surface area contributed by atoms with Crippen molar-refractivity contribution in [1.29, 1.82) is 0 Å². The number of rotatable bonds is 4. The maximum Gasteiger partial charge on any atom is 0.193 e. The molecule has 23 heavy (non-hydrogen) atoms. The van der Waals surface area contributed by atoms with Gasteiger partial charge >= 0.3 is 0 Å². The molecule has 1 heterocycles. The number of aliphatic imine (C=N–C) groups is 1. The van der Waals surface area contributed by atoms with Crippen molar-refractivity contribution in [2.75, 3.05) is 26.2 Å². The lowest BCUT2D eigenvalue weighted by atomic mass is 10.1. The molecule has 1 N–H and O–H groups in total. The summed E-state index contributed by atoms with van der Waals surface area (Å²) in [5.41, 5.74) is 0.470. The van der Waals surface area contributed by atoms with Gasteiger partial charge in [0.25, 0.3) is 0 Å². The molecule has 0 radical (unpaired) electrons. The third-order valence-electron chi connectivity index (χ3n) is 4.78. The van der Waals surface area contributed by atoms with Gasteiger partial charge in [0.05, 0.1) is 11.7 Å². The molecule has 0 aromatic rings. The van der Waals surface area contributed by atoms with Crippen molar-refractivity contribution >= 4 is 29.9 Å². The Morgan fingerprint density at radius 3 is 2.26 bits per heavy atom. The molecule has 5 heteroatoms. The molecule has 0 aromatic carbocycles. The van der Waals surface area contributed by atoms with E-state index in [0.717, 1.165) is 50.9 Å². The van der Waals surface area contributed by atoms with Crippen LogP contribution in [0, 0.1) is 11.3 Å². The largest absolute Gasteiger partial charge is 0.372 e. The number of piperidine rings is 1. The molecule has 1 aliphatic carbocycles. The highest BCUT2D eigenvalue weighted by Crippen LogP contribution is 2.51. The number of guanidine groups is 1. The van der Waals surface area contributed by atoms with E-state index in [1.165, 1.54) is 6.42 Å². The third kappa shape index (κ3) is 6.77. The minimum Gasteiger partial charge on any atom is -0.372 e. The van der Waals surface area contributed by atoms with E-state index in [4.69, 9.17) is 9.73 Å². The van der Waals surface area contributed by atoms with Crippen LogP contribution in [0.25, 0.3) is 0 Å². The van der Waals surface area contributed by atoms with Crippen molar-refractivity contribution in [1.82, 2.24) is 10.2 Å². The zero-order valence-corrected chi connectivity index (χ0v) is 18.1. The standard InChI is InChI=1S/C18H35N3O.HI/c1-7-19-16(20-13-14-12-18(14,5)6)21-10-8-15(9-11-21)22-17(2,3)4;/h14-15H,7-13H2,1-6H3,(H,19,20);1H. The number of halogens is 1. The highest BCUT2D eigenvalue weighted by atomic mass is 127. The van der Waals surface area contributed by atoms with Gasteiger partial charge in [0.2, 0.25) is 0 Å². The van der Waals surface area contributed by atoms with E-state index in [1.807, 2.05) is 0 Å². The Kier molecular flexibility index (Phi) is 7.64. The monoisotopic (exact) mass is 437 g/mol. The molecule has 2 fully saturated rings. The van der Waals surface area contributed by atoms with Gasteiger partial charge in [0.15, 0.2) is 5.96 Å². The molecule has 1 saturated carbocycles. The molecule has 1 aliphatic heterocycles. The molecule has 4 nitrogen and oxygen atoms in total. The maximum atomic E-state index is 6.12. The van der Waals surface area contributed by atoms with Crippen molar-refractivity contribution in [3.05, 3.63) is 0 Å². The first-order valence-electron chi connectivity index (χ1n) is 8.92. The average molecular weight is 437 g/mol. The molecular formula is C18H36IN3O. The fourth-order valence-electron chi connectivity index (χ4n) is 3.20. The Morgan fingerprint density at radius 2 is 1.83 bits per heavy atom. The summed E-state index contributed by atoms with van der Waals surface area (Å²) < 4.78 is 6.12. The van der Waals surface area contributed by atoms with Crippen LogP contribution in [0.1, 0.15) is 60.8 Å². The zero-order valence-electron chi connectivity index (χ0n) is 15.8. The fourth-order valence-corrected chi connectivity index (χ4v) is 3.20. The molecule has 1 unspecified atom stereocenters. The second-order valence-electron chi connectivity index (χ2n) is 8.50. The lowest BCUT2D eigenvalue weighted by Gasteiger charge is -2.37. The van der Waals surface area contributed by atoms with E-state index in [2.05, 4.69) is 51.8 Å². The predicted molar refractivity (Wildman–Crippen MR) is 109 cm³/mol. The first kappa shape index (κ1) is 21.0. The van der Waals surface area contributed by atoms with Crippen LogP contribution in [0.5, 0.6) is 0 Å². The minimum absolute atomic E-state index is 0. The summed E-state index contributed by atoms with van der Waals surface area (Å²) in [6, 6.07) is 0. The average Bonchev–Trinajstić information content (AvgIpc) is 3.01. The summed E-state index contributed by atoms with van der Waals surface area (Å²) in [7, 11) is 0. The van der Waals surface area contributed by atoms with Gasteiger partial charge in [-0.25, -0.2) is 0 Å². The number of ether oxygens (including phenoxy) is 1. The first-order valence-corrected chi connectivity index (χ1v) is 8.92. The van der Waals surface area contributed by atoms with Crippen molar-refractivity contribution in [3.63, 3.8) is 0 Å². The minimum atomic E-state index is -0.0387. The van der Waals surface area contributed by atoms with Crippen molar-refractivity contribution in [2.45, 2.75) is 72.5 Å². The van der Waals surface area contributed by atoms with Crippen LogP contribution in [0.15, 0.2) is 4.99 Å². The summed E-state index contributed by atoms with van der Waals surface area (Å²) >= 11 is 0. The van der Waals surface area contributed by atoms with Crippen LogP contribution in [-0.4, -0.2) is 48.7 Å². The van der Waals surface area contributed by atoms with E-state index in [-0.39, 0.29) is 29.6 Å². The first-order chi connectivity index (χ1) is 10.2. The Morgan fingerprint density at radius 1 is 1.26 bits per heavy atom. The van der Waals surface area contributed by atoms with E-state index < -0.39 is 0 Å². The summed E-state index contributed by atoms with van der Waals surface area (Å²) in [6.07, 6.45) is 3.89. The second kappa shape index (κ2) is 8.37. The van der Waals surface area contributed by atoms with Gasteiger partial charge < -0.3 is 15.0 Å². The van der Waals surface area contributed by atoms with Gasteiger partial charge in [-0.1, -0.05) is 13.8 Å². The number of hydrogen-bond acceptors (Lipinski definition) is 2. The highest BCUT2D eigenvalue weighted by molar-refractivity contribution is 14.0. The molecule has 0 bridgehead atoms. The lowest BCUT2D eigenvalue weighted by molar-refractivity contribution is -0.0772. The lowest BCUT2D eigenvalue weighted by Crippen LogP contribution is -2.48. The van der Waals surface area contributed by atoms with E-state index >= 15 is 0 Å². The topological polar surface area (TPSA) is 36.9 Å². The highest BCUT2D eigenvalue weighted by Gasteiger charge is 2.45. The smallest absolute Gasteiger partial charge is 0.193 e. The Labute approximate surface area is 159 Å².